The van der Waals surface area contributed by atoms with Gasteiger partial charge in [-0.1, -0.05) is 42.1 Å². The fourth-order valence-electron chi connectivity index (χ4n) is 2.35. The number of benzene rings is 1. The molecule has 1 aliphatic rings. The summed E-state index contributed by atoms with van der Waals surface area (Å²) in [4.78, 5) is 0. The lowest BCUT2D eigenvalue weighted by Gasteiger charge is -2.29. The van der Waals surface area contributed by atoms with E-state index in [9.17, 15) is 0 Å². The SMILES string of the molecule is N[C@@H]1CCCC[C@H]1c1ccc(Cl)cc1Cl. The Morgan fingerprint density at radius 1 is 1.13 bits per heavy atom. The zero-order chi connectivity index (χ0) is 10.8. The second-order valence-electron chi connectivity index (χ2n) is 4.22. The Morgan fingerprint density at radius 3 is 2.53 bits per heavy atom. The van der Waals surface area contributed by atoms with Gasteiger partial charge < -0.3 is 5.73 Å². The summed E-state index contributed by atoms with van der Waals surface area (Å²) in [6.45, 7) is 0. The van der Waals surface area contributed by atoms with E-state index in [1.54, 1.807) is 6.07 Å². The molecular weight excluding hydrogens is 229 g/mol. The molecule has 0 unspecified atom stereocenters. The minimum atomic E-state index is 0.248. The van der Waals surface area contributed by atoms with Crippen molar-refractivity contribution in [2.45, 2.75) is 37.6 Å². The molecule has 1 fully saturated rings. The van der Waals surface area contributed by atoms with Crippen LogP contribution in [0.25, 0.3) is 0 Å². The van der Waals surface area contributed by atoms with Crippen molar-refractivity contribution < 1.29 is 0 Å². The Kier molecular flexibility index (Phi) is 3.55. The van der Waals surface area contributed by atoms with Crippen LogP contribution in [0.2, 0.25) is 10.0 Å². The zero-order valence-electron chi connectivity index (χ0n) is 8.55. The summed E-state index contributed by atoms with van der Waals surface area (Å²) in [7, 11) is 0. The van der Waals surface area contributed by atoms with Crippen LogP contribution in [0.1, 0.15) is 37.2 Å². The van der Waals surface area contributed by atoms with Gasteiger partial charge >= 0.3 is 0 Å². The Bertz CT molecular complexity index is 351. The predicted molar refractivity (Wildman–Crippen MR) is 65.6 cm³/mol. The largest absolute Gasteiger partial charge is 0.327 e. The molecule has 1 aromatic carbocycles. The van der Waals surface area contributed by atoms with Crippen molar-refractivity contribution in [3.63, 3.8) is 0 Å². The summed E-state index contributed by atoms with van der Waals surface area (Å²) in [6.07, 6.45) is 4.73. The van der Waals surface area contributed by atoms with Gasteiger partial charge in [0.25, 0.3) is 0 Å². The average Bonchev–Trinajstić information content (AvgIpc) is 2.20. The van der Waals surface area contributed by atoms with E-state index in [4.69, 9.17) is 28.9 Å². The van der Waals surface area contributed by atoms with E-state index in [2.05, 4.69) is 0 Å². The van der Waals surface area contributed by atoms with Crippen molar-refractivity contribution in [1.82, 2.24) is 0 Å². The van der Waals surface area contributed by atoms with Gasteiger partial charge in [-0.3, -0.25) is 0 Å². The number of rotatable bonds is 1. The van der Waals surface area contributed by atoms with Crippen LogP contribution in [0, 0.1) is 0 Å². The fraction of sp³-hybridized carbons (Fsp3) is 0.500. The van der Waals surface area contributed by atoms with Crippen molar-refractivity contribution >= 4 is 23.2 Å². The first kappa shape index (κ1) is 11.3. The van der Waals surface area contributed by atoms with Gasteiger partial charge in [0, 0.05) is 22.0 Å². The maximum atomic E-state index is 6.19. The standard InChI is InChI=1S/C12H15Cl2N/c13-8-5-6-9(11(14)7-8)10-3-1-2-4-12(10)15/h5-7,10,12H,1-4,15H2/t10-,12+/m0/s1. The third-order valence-electron chi connectivity index (χ3n) is 3.18. The van der Waals surface area contributed by atoms with Crippen molar-refractivity contribution in [1.29, 1.82) is 0 Å². The lowest BCUT2D eigenvalue weighted by atomic mass is 9.80. The second kappa shape index (κ2) is 4.73. The van der Waals surface area contributed by atoms with Crippen LogP contribution in [0.4, 0.5) is 0 Å². The highest BCUT2D eigenvalue weighted by atomic mass is 35.5. The molecule has 15 heavy (non-hydrogen) atoms. The maximum absolute atomic E-state index is 6.19. The fourth-order valence-corrected chi connectivity index (χ4v) is 2.90. The highest BCUT2D eigenvalue weighted by Gasteiger charge is 2.24. The van der Waals surface area contributed by atoms with Gasteiger partial charge in [-0.25, -0.2) is 0 Å². The van der Waals surface area contributed by atoms with Crippen LogP contribution in [0.5, 0.6) is 0 Å². The summed E-state index contributed by atoms with van der Waals surface area (Å²) in [5.74, 6) is 0.406. The summed E-state index contributed by atoms with van der Waals surface area (Å²) < 4.78 is 0. The van der Waals surface area contributed by atoms with E-state index in [0.29, 0.717) is 10.9 Å². The molecule has 0 aromatic heterocycles. The molecule has 82 valence electrons. The molecule has 2 atom stereocenters. The van der Waals surface area contributed by atoms with Gasteiger partial charge in [0.15, 0.2) is 0 Å². The smallest absolute Gasteiger partial charge is 0.0456 e. The lowest BCUT2D eigenvalue weighted by Crippen LogP contribution is -2.31. The first-order chi connectivity index (χ1) is 7.18. The summed E-state index contributed by atoms with van der Waals surface area (Å²) in [5.41, 5.74) is 7.29. The van der Waals surface area contributed by atoms with Crippen LogP contribution in [-0.4, -0.2) is 6.04 Å². The van der Waals surface area contributed by atoms with Crippen molar-refractivity contribution in [2.75, 3.05) is 0 Å². The van der Waals surface area contributed by atoms with Crippen molar-refractivity contribution in [3.05, 3.63) is 33.8 Å². The average molecular weight is 244 g/mol. The Morgan fingerprint density at radius 2 is 1.87 bits per heavy atom. The second-order valence-corrected chi connectivity index (χ2v) is 5.06. The molecule has 0 heterocycles. The van der Waals surface area contributed by atoms with E-state index in [1.807, 2.05) is 12.1 Å². The topological polar surface area (TPSA) is 26.0 Å². The van der Waals surface area contributed by atoms with Gasteiger partial charge in [0.1, 0.15) is 0 Å². The van der Waals surface area contributed by atoms with Crippen LogP contribution in [0.3, 0.4) is 0 Å². The summed E-state index contributed by atoms with van der Waals surface area (Å²) >= 11 is 12.1. The third-order valence-corrected chi connectivity index (χ3v) is 3.74. The highest BCUT2D eigenvalue weighted by Crippen LogP contribution is 2.36. The van der Waals surface area contributed by atoms with Crippen molar-refractivity contribution in [2.24, 2.45) is 5.73 Å². The molecule has 0 spiro atoms. The van der Waals surface area contributed by atoms with E-state index >= 15 is 0 Å². The van der Waals surface area contributed by atoms with E-state index < -0.39 is 0 Å². The molecular formula is C12H15Cl2N. The lowest BCUT2D eigenvalue weighted by molar-refractivity contribution is 0.385. The van der Waals surface area contributed by atoms with E-state index in [-0.39, 0.29) is 6.04 Å². The number of halogens is 2. The van der Waals surface area contributed by atoms with Crippen LogP contribution in [0.15, 0.2) is 18.2 Å². The number of hydrogen-bond donors (Lipinski definition) is 1. The van der Waals surface area contributed by atoms with Crippen LogP contribution in [-0.2, 0) is 0 Å². The minimum absolute atomic E-state index is 0.248. The normalized spacial score (nSPS) is 26.6. The molecule has 0 radical (unpaired) electrons. The predicted octanol–water partition coefficient (Wildman–Crippen LogP) is 3.98. The van der Waals surface area contributed by atoms with Crippen LogP contribution < -0.4 is 5.73 Å². The monoisotopic (exact) mass is 243 g/mol. The van der Waals surface area contributed by atoms with Gasteiger partial charge in [-0.15, -0.1) is 0 Å². The number of nitrogens with two attached hydrogens (primary N) is 1. The van der Waals surface area contributed by atoms with Gasteiger partial charge in [0.2, 0.25) is 0 Å². The first-order valence-corrected chi connectivity index (χ1v) is 6.14. The van der Waals surface area contributed by atoms with Gasteiger partial charge in [-0.05, 0) is 30.5 Å². The third kappa shape index (κ3) is 2.47. The highest BCUT2D eigenvalue weighted by molar-refractivity contribution is 6.35. The quantitative estimate of drug-likeness (QED) is 0.794. The van der Waals surface area contributed by atoms with Gasteiger partial charge in [-0.2, -0.15) is 0 Å². The molecule has 0 amide bonds. The maximum Gasteiger partial charge on any atom is 0.0456 e. The molecule has 3 heteroatoms. The molecule has 1 saturated carbocycles. The molecule has 0 aliphatic heterocycles. The molecule has 0 saturated heterocycles. The van der Waals surface area contributed by atoms with E-state index in [1.165, 1.54) is 12.8 Å². The first-order valence-electron chi connectivity index (χ1n) is 5.39. The molecule has 1 aliphatic carbocycles. The van der Waals surface area contributed by atoms with Crippen molar-refractivity contribution in [3.8, 4) is 0 Å². The molecule has 0 bridgehead atoms. The van der Waals surface area contributed by atoms with Gasteiger partial charge in [0.05, 0.1) is 0 Å². The molecule has 1 nitrogen and oxygen atoms in total. The minimum Gasteiger partial charge on any atom is -0.327 e. The molecule has 2 rings (SSSR count). The molecule has 1 aromatic rings. The van der Waals surface area contributed by atoms with E-state index in [0.717, 1.165) is 23.4 Å². The zero-order valence-corrected chi connectivity index (χ0v) is 10.1. The summed E-state index contributed by atoms with van der Waals surface area (Å²) in [5, 5.41) is 1.44. The number of hydrogen-bond acceptors (Lipinski definition) is 1. The summed E-state index contributed by atoms with van der Waals surface area (Å²) in [6, 6.07) is 5.96. The molecule has 2 N–H and O–H groups in total. The Hall–Kier alpha value is -0.240. The Labute approximate surface area is 101 Å². The Balaban J connectivity index is 2.27. The van der Waals surface area contributed by atoms with Crippen LogP contribution >= 0.6 is 23.2 Å².